The molecule has 1 heterocycles. The maximum atomic E-state index is 11.4. The lowest BCUT2D eigenvalue weighted by atomic mass is 9.60. The van der Waals surface area contributed by atoms with Crippen LogP contribution in [0.4, 0.5) is 0 Å². The van der Waals surface area contributed by atoms with Crippen LogP contribution < -0.4 is 10.4 Å². The highest BCUT2D eigenvalue weighted by Crippen LogP contribution is 2.48. The van der Waals surface area contributed by atoms with Crippen LogP contribution >= 0.6 is 0 Å². The normalized spacial score (nSPS) is 25.9. The van der Waals surface area contributed by atoms with Gasteiger partial charge in [-0.1, -0.05) is 45.3 Å². The number of unbranched alkanes of at least 4 members (excludes halogenated alkanes) is 1. The van der Waals surface area contributed by atoms with Gasteiger partial charge in [-0.15, -0.1) is 0 Å². The second kappa shape index (κ2) is 7.69. The molecule has 3 heteroatoms. The highest BCUT2D eigenvalue weighted by atomic mass is 16.5. The smallest absolute Gasteiger partial charge is 0.336 e. The molecule has 3 nitrogen and oxygen atoms in total. The maximum absolute atomic E-state index is 11.4. The van der Waals surface area contributed by atoms with E-state index in [9.17, 15) is 4.79 Å². The van der Waals surface area contributed by atoms with Crippen LogP contribution in [0.1, 0.15) is 53.4 Å². The van der Waals surface area contributed by atoms with Gasteiger partial charge in [-0.05, 0) is 49.3 Å². The predicted molar refractivity (Wildman–Crippen MR) is 107 cm³/mol. The minimum absolute atomic E-state index is 0.262. The molecule has 0 aliphatic heterocycles. The van der Waals surface area contributed by atoms with Crippen LogP contribution in [0.2, 0.25) is 0 Å². The molecule has 1 aliphatic carbocycles. The highest BCUT2D eigenvalue weighted by molar-refractivity contribution is 5.77. The van der Waals surface area contributed by atoms with Gasteiger partial charge in [0, 0.05) is 23.4 Å². The van der Waals surface area contributed by atoms with Crippen molar-refractivity contribution in [2.24, 2.45) is 17.3 Å². The van der Waals surface area contributed by atoms with E-state index >= 15 is 0 Å². The summed E-state index contributed by atoms with van der Waals surface area (Å²) >= 11 is 0. The third kappa shape index (κ3) is 3.72. The third-order valence-electron chi connectivity index (χ3n) is 6.35. The van der Waals surface area contributed by atoms with Crippen molar-refractivity contribution >= 4 is 11.0 Å². The van der Waals surface area contributed by atoms with E-state index in [1.165, 1.54) is 30.9 Å². The van der Waals surface area contributed by atoms with Crippen molar-refractivity contribution < 1.29 is 9.15 Å². The van der Waals surface area contributed by atoms with E-state index < -0.39 is 0 Å². The molecule has 0 saturated heterocycles. The summed E-state index contributed by atoms with van der Waals surface area (Å²) in [5.74, 6) is 1.83. The highest BCUT2D eigenvalue weighted by Gasteiger charge is 2.41. The first-order valence-electron chi connectivity index (χ1n) is 9.77. The van der Waals surface area contributed by atoms with E-state index in [4.69, 9.17) is 9.15 Å². The van der Waals surface area contributed by atoms with Gasteiger partial charge in [-0.25, -0.2) is 4.79 Å². The number of fused-ring (bicyclic) bond motifs is 1. The van der Waals surface area contributed by atoms with Crippen molar-refractivity contribution in [2.75, 3.05) is 6.61 Å². The minimum Gasteiger partial charge on any atom is -0.493 e. The van der Waals surface area contributed by atoms with Gasteiger partial charge in [0.1, 0.15) is 11.3 Å². The molecular formula is C23H30O3. The molecule has 3 rings (SSSR count). The Kier molecular flexibility index (Phi) is 5.55. The molecule has 26 heavy (non-hydrogen) atoms. The second-order valence-electron chi connectivity index (χ2n) is 8.01. The number of allylic oxidation sites excluding steroid dienone is 1. The Morgan fingerprint density at radius 2 is 2.04 bits per heavy atom. The van der Waals surface area contributed by atoms with Crippen molar-refractivity contribution in [3.05, 3.63) is 52.4 Å². The van der Waals surface area contributed by atoms with Gasteiger partial charge in [0.05, 0.1) is 6.61 Å². The predicted octanol–water partition coefficient (Wildman–Crippen LogP) is 5.97. The van der Waals surface area contributed by atoms with Crippen molar-refractivity contribution in [1.29, 1.82) is 0 Å². The largest absolute Gasteiger partial charge is 0.493 e. The van der Waals surface area contributed by atoms with E-state index in [-0.39, 0.29) is 11.0 Å². The van der Waals surface area contributed by atoms with Crippen molar-refractivity contribution in [3.8, 4) is 5.75 Å². The molecule has 0 radical (unpaired) electrons. The zero-order valence-corrected chi connectivity index (χ0v) is 16.4. The molecule has 0 amide bonds. The van der Waals surface area contributed by atoms with Crippen LogP contribution in [0.25, 0.3) is 11.0 Å². The first-order valence-corrected chi connectivity index (χ1v) is 9.77. The van der Waals surface area contributed by atoms with Gasteiger partial charge in [0.15, 0.2) is 0 Å². The summed E-state index contributed by atoms with van der Waals surface area (Å²) < 4.78 is 11.5. The van der Waals surface area contributed by atoms with Gasteiger partial charge in [0.2, 0.25) is 0 Å². The minimum atomic E-state index is -0.332. The Hall–Kier alpha value is -2.03. The number of hydrogen-bond donors (Lipinski definition) is 0. The standard InChI is InChI=1S/C23H30O3/c1-5-6-13-23(4)17(3)8-7-16(2)20(23)15-25-19-11-9-18-10-12-22(24)26-21(18)14-19/h7,9-12,14,17,20H,5-6,8,13,15H2,1-4H3. The van der Waals surface area contributed by atoms with Gasteiger partial charge in [-0.2, -0.15) is 0 Å². The topological polar surface area (TPSA) is 39.4 Å². The fourth-order valence-corrected chi connectivity index (χ4v) is 4.25. The van der Waals surface area contributed by atoms with E-state index in [0.29, 0.717) is 24.0 Å². The van der Waals surface area contributed by atoms with Gasteiger partial charge in [0.25, 0.3) is 0 Å². The quantitative estimate of drug-likeness (QED) is 0.474. The van der Waals surface area contributed by atoms with Crippen LogP contribution in [0.5, 0.6) is 5.75 Å². The molecule has 0 saturated carbocycles. The SMILES string of the molecule is CCCCC1(C)C(C)CC=C(C)C1COc1ccc2ccc(=O)oc2c1. The number of ether oxygens (including phenoxy) is 1. The molecular weight excluding hydrogens is 324 g/mol. The number of hydrogen-bond acceptors (Lipinski definition) is 3. The van der Waals surface area contributed by atoms with Crippen LogP contribution in [-0.4, -0.2) is 6.61 Å². The molecule has 2 aromatic rings. The summed E-state index contributed by atoms with van der Waals surface area (Å²) in [7, 11) is 0. The Balaban J connectivity index is 1.80. The monoisotopic (exact) mass is 354 g/mol. The van der Waals surface area contributed by atoms with Crippen LogP contribution in [0, 0.1) is 17.3 Å². The van der Waals surface area contributed by atoms with Crippen LogP contribution in [0.3, 0.4) is 0 Å². The van der Waals surface area contributed by atoms with E-state index in [1.54, 1.807) is 6.07 Å². The Bertz CT molecular complexity index is 848. The zero-order chi connectivity index (χ0) is 18.7. The second-order valence-corrected chi connectivity index (χ2v) is 8.01. The van der Waals surface area contributed by atoms with Crippen LogP contribution in [-0.2, 0) is 0 Å². The average Bonchev–Trinajstić information content (AvgIpc) is 2.63. The summed E-state index contributed by atoms with van der Waals surface area (Å²) in [5, 5.41) is 0.909. The molecule has 0 N–H and O–H groups in total. The number of benzene rings is 1. The summed E-state index contributed by atoms with van der Waals surface area (Å²) in [6, 6.07) is 8.95. The Morgan fingerprint density at radius 3 is 2.81 bits per heavy atom. The van der Waals surface area contributed by atoms with Gasteiger partial charge >= 0.3 is 5.63 Å². The molecule has 1 aromatic heterocycles. The van der Waals surface area contributed by atoms with E-state index in [2.05, 4.69) is 33.8 Å². The molecule has 3 atom stereocenters. The van der Waals surface area contributed by atoms with Gasteiger partial charge < -0.3 is 9.15 Å². The molecule has 1 aliphatic rings. The van der Waals surface area contributed by atoms with Crippen LogP contribution in [0.15, 0.2) is 51.2 Å². The molecule has 1 aromatic carbocycles. The Labute approximate surface area is 156 Å². The fraction of sp³-hybridized carbons (Fsp3) is 0.522. The summed E-state index contributed by atoms with van der Waals surface area (Å²) in [4.78, 5) is 11.4. The van der Waals surface area contributed by atoms with E-state index in [0.717, 1.165) is 17.6 Å². The fourth-order valence-electron chi connectivity index (χ4n) is 4.25. The van der Waals surface area contributed by atoms with E-state index in [1.807, 2.05) is 18.2 Å². The van der Waals surface area contributed by atoms with Gasteiger partial charge in [-0.3, -0.25) is 0 Å². The molecule has 0 fully saturated rings. The Morgan fingerprint density at radius 1 is 1.27 bits per heavy atom. The van der Waals surface area contributed by atoms with Crippen molar-refractivity contribution in [3.63, 3.8) is 0 Å². The zero-order valence-electron chi connectivity index (χ0n) is 16.4. The first kappa shape index (κ1) is 18.8. The molecule has 3 unspecified atom stereocenters. The average molecular weight is 354 g/mol. The number of rotatable bonds is 6. The molecule has 140 valence electrons. The summed E-state index contributed by atoms with van der Waals surface area (Å²) in [6.45, 7) is 9.96. The first-order chi connectivity index (χ1) is 12.4. The third-order valence-corrected chi connectivity index (χ3v) is 6.35. The summed E-state index contributed by atoms with van der Waals surface area (Å²) in [5.41, 5.74) is 1.95. The molecule has 0 spiro atoms. The van der Waals surface area contributed by atoms with Crippen molar-refractivity contribution in [1.82, 2.24) is 0 Å². The lowest BCUT2D eigenvalue weighted by molar-refractivity contribution is 0.0623. The molecule has 0 bridgehead atoms. The van der Waals surface area contributed by atoms with Crippen molar-refractivity contribution in [2.45, 2.75) is 53.4 Å². The lowest BCUT2D eigenvalue weighted by Gasteiger charge is -2.46. The lowest BCUT2D eigenvalue weighted by Crippen LogP contribution is -2.40. The maximum Gasteiger partial charge on any atom is 0.336 e. The summed E-state index contributed by atoms with van der Waals surface area (Å²) in [6.07, 6.45) is 7.25.